The predicted octanol–water partition coefficient (Wildman–Crippen LogP) is 2.43. The number of Topliss-reactive ketones (excluding diaryl/α,β-unsaturated/α-hetero) is 1. The number of fused-ring (bicyclic) bond motifs is 1. The van der Waals surface area contributed by atoms with Crippen LogP contribution in [0, 0.1) is 0 Å². The summed E-state index contributed by atoms with van der Waals surface area (Å²) in [6.07, 6.45) is 1.50. The van der Waals surface area contributed by atoms with Crippen LogP contribution >= 0.6 is 0 Å². The van der Waals surface area contributed by atoms with Gasteiger partial charge in [0.25, 0.3) is 0 Å². The van der Waals surface area contributed by atoms with E-state index in [-0.39, 0.29) is 28.6 Å². The Labute approximate surface area is 125 Å². The number of carbonyl (C=O) groups is 1. The zero-order valence-corrected chi connectivity index (χ0v) is 11.5. The molecule has 2 aromatic rings. The van der Waals surface area contributed by atoms with Gasteiger partial charge in [0.2, 0.25) is 11.5 Å². The van der Waals surface area contributed by atoms with E-state index < -0.39 is 17.3 Å². The largest absolute Gasteiger partial charge is 0.508 e. The quantitative estimate of drug-likeness (QED) is 0.582. The van der Waals surface area contributed by atoms with Crippen LogP contribution in [0.15, 0.2) is 36.1 Å². The minimum absolute atomic E-state index is 0.0315. The number of aromatic hydroxyl groups is 3. The van der Waals surface area contributed by atoms with Gasteiger partial charge in [-0.05, 0) is 23.8 Å². The van der Waals surface area contributed by atoms with E-state index in [1.54, 1.807) is 12.1 Å². The summed E-state index contributed by atoms with van der Waals surface area (Å²) in [5, 5.41) is 28.6. The van der Waals surface area contributed by atoms with Crippen molar-refractivity contribution in [3.63, 3.8) is 0 Å². The molecule has 2 aromatic carbocycles. The second-order valence-corrected chi connectivity index (χ2v) is 4.68. The van der Waals surface area contributed by atoms with Crippen LogP contribution in [0.5, 0.6) is 28.7 Å². The smallest absolute Gasteiger partial charge is 0.235 e. The lowest BCUT2D eigenvalue weighted by Gasteiger charge is -2.07. The van der Waals surface area contributed by atoms with Gasteiger partial charge in [0.15, 0.2) is 17.3 Å². The Kier molecular flexibility index (Phi) is 3.14. The highest BCUT2D eigenvalue weighted by Crippen LogP contribution is 2.48. The lowest BCUT2D eigenvalue weighted by Crippen LogP contribution is -2.00. The molecular weight excluding hydrogens is 288 g/mol. The first-order valence-corrected chi connectivity index (χ1v) is 6.37. The van der Waals surface area contributed by atoms with E-state index in [1.165, 1.54) is 25.3 Å². The van der Waals surface area contributed by atoms with Gasteiger partial charge >= 0.3 is 0 Å². The van der Waals surface area contributed by atoms with E-state index in [1.807, 2.05) is 0 Å². The number of hydrogen-bond donors (Lipinski definition) is 3. The molecule has 0 spiro atoms. The summed E-state index contributed by atoms with van der Waals surface area (Å²) < 4.78 is 10.4. The number of ketones is 1. The van der Waals surface area contributed by atoms with Crippen molar-refractivity contribution in [1.82, 2.24) is 0 Å². The number of ether oxygens (including phenoxy) is 2. The number of allylic oxidation sites excluding steroid dienone is 1. The van der Waals surface area contributed by atoms with Crippen LogP contribution in [0.4, 0.5) is 0 Å². The van der Waals surface area contributed by atoms with Crippen molar-refractivity contribution in [2.24, 2.45) is 0 Å². The average Bonchev–Trinajstić information content (AvgIpc) is 2.79. The first-order valence-electron chi connectivity index (χ1n) is 6.37. The molecule has 0 fully saturated rings. The summed E-state index contributed by atoms with van der Waals surface area (Å²) in [5.41, 5.74) is 0.712. The minimum Gasteiger partial charge on any atom is -0.508 e. The van der Waals surface area contributed by atoms with Crippen LogP contribution < -0.4 is 9.47 Å². The van der Waals surface area contributed by atoms with Crippen LogP contribution in [0.1, 0.15) is 15.9 Å². The Morgan fingerprint density at radius 1 is 1.14 bits per heavy atom. The monoisotopic (exact) mass is 300 g/mol. The molecule has 112 valence electrons. The minimum atomic E-state index is -0.510. The Bertz CT molecular complexity index is 789. The molecule has 1 aliphatic heterocycles. The maximum atomic E-state index is 12.4. The third-order valence-electron chi connectivity index (χ3n) is 3.26. The Morgan fingerprint density at radius 2 is 1.82 bits per heavy atom. The van der Waals surface area contributed by atoms with Crippen molar-refractivity contribution < 1.29 is 29.6 Å². The highest BCUT2D eigenvalue weighted by Gasteiger charge is 2.34. The normalized spacial score (nSPS) is 14.8. The Balaban J connectivity index is 2.06. The van der Waals surface area contributed by atoms with Gasteiger partial charge in [-0.3, -0.25) is 4.79 Å². The van der Waals surface area contributed by atoms with E-state index in [9.17, 15) is 20.1 Å². The Hall–Kier alpha value is -3.15. The highest BCUT2D eigenvalue weighted by molar-refractivity contribution is 6.16. The molecule has 0 unspecified atom stereocenters. The second kappa shape index (κ2) is 5.00. The number of rotatable bonds is 2. The summed E-state index contributed by atoms with van der Waals surface area (Å²) in [6.45, 7) is 0. The average molecular weight is 300 g/mol. The van der Waals surface area contributed by atoms with Gasteiger partial charge in [0.1, 0.15) is 17.1 Å². The number of hydrogen-bond acceptors (Lipinski definition) is 6. The SMILES string of the molecule is COc1c(O)c(O)cc2c1C(=O)C(=Cc1ccc(O)cc1)O2. The predicted molar refractivity (Wildman–Crippen MR) is 77.4 cm³/mol. The van der Waals surface area contributed by atoms with Gasteiger partial charge in [-0.2, -0.15) is 0 Å². The zero-order chi connectivity index (χ0) is 15.9. The fraction of sp³-hybridized carbons (Fsp3) is 0.0625. The number of methoxy groups -OCH3 is 1. The maximum Gasteiger partial charge on any atom is 0.235 e. The van der Waals surface area contributed by atoms with Gasteiger partial charge in [-0.25, -0.2) is 0 Å². The lowest BCUT2D eigenvalue weighted by atomic mass is 10.1. The molecule has 0 saturated heterocycles. The molecule has 0 saturated carbocycles. The third kappa shape index (κ3) is 2.10. The third-order valence-corrected chi connectivity index (χ3v) is 3.26. The van der Waals surface area contributed by atoms with E-state index >= 15 is 0 Å². The van der Waals surface area contributed by atoms with Crippen molar-refractivity contribution >= 4 is 11.9 Å². The Morgan fingerprint density at radius 3 is 2.45 bits per heavy atom. The standard InChI is InChI=1S/C16H12O6/c1-21-16-13-11(7-10(18)14(16)19)22-12(15(13)20)6-8-2-4-9(17)5-3-8/h2-7,17-19H,1H3. The van der Waals surface area contributed by atoms with Crippen molar-refractivity contribution in [2.45, 2.75) is 0 Å². The fourth-order valence-electron chi connectivity index (χ4n) is 2.21. The summed E-state index contributed by atoms with van der Waals surface area (Å²) >= 11 is 0. The van der Waals surface area contributed by atoms with Crippen LogP contribution in [-0.2, 0) is 0 Å². The molecule has 6 nitrogen and oxygen atoms in total. The highest BCUT2D eigenvalue weighted by atomic mass is 16.5. The number of carbonyl (C=O) groups excluding carboxylic acids is 1. The molecule has 0 aliphatic carbocycles. The summed E-state index contributed by atoms with van der Waals surface area (Å²) in [4.78, 5) is 12.4. The fourth-order valence-corrected chi connectivity index (χ4v) is 2.21. The van der Waals surface area contributed by atoms with Gasteiger partial charge < -0.3 is 24.8 Å². The van der Waals surface area contributed by atoms with Crippen LogP contribution in [-0.4, -0.2) is 28.2 Å². The molecule has 0 radical (unpaired) electrons. The van der Waals surface area contributed by atoms with Crippen molar-refractivity contribution in [2.75, 3.05) is 7.11 Å². The van der Waals surface area contributed by atoms with E-state index in [0.717, 1.165) is 6.07 Å². The molecule has 0 bridgehead atoms. The first kappa shape index (κ1) is 13.8. The number of phenols is 3. The molecular formula is C16H12O6. The van der Waals surface area contributed by atoms with Gasteiger partial charge in [-0.1, -0.05) is 12.1 Å². The van der Waals surface area contributed by atoms with Crippen molar-refractivity contribution in [1.29, 1.82) is 0 Å². The number of benzene rings is 2. The van der Waals surface area contributed by atoms with Crippen LogP contribution in [0.3, 0.4) is 0 Å². The van der Waals surface area contributed by atoms with Gasteiger partial charge in [0, 0.05) is 6.07 Å². The lowest BCUT2D eigenvalue weighted by molar-refractivity contribution is 0.101. The van der Waals surface area contributed by atoms with E-state index in [2.05, 4.69) is 0 Å². The van der Waals surface area contributed by atoms with E-state index in [0.29, 0.717) is 5.56 Å². The van der Waals surface area contributed by atoms with Crippen molar-refractivity contribution in [3.05, 3.63) is 47.2 Å². The molecule has 0 amide bonds. The second-order valence-electron chi connectivity index (χ2n) is 4.68. The molecule has 6 heteroatoms. The summed E-state index contributed by atoms with van der Waals surface area (Å²) in [7, 11) is 1.28. The van der Waals surface area contributed by atoms with Gasteiger partial charge in [-0.15, -0.1) is 0 Å². The molecule has 3 rings (SSSR count). The molecule has 22 heavy (non-hydrogen) atoms. The molecule has 3 N–H and O–H groups in total. The van der Waals surface area contributed by atoms with E-state index in [4.69, 9.17) is 9.47 Å². The van der Waals surface area contributed by atoms with Crippen LogP contribution in [0.2, 0.25) is 0 Å². The summed E-state index contributed by atoms with van der Waals surface area (Å²) in [5.74, 6) is -1.28. The molecule has 1 aliphatic rings. The number of phenolic OH excluding ortho intramolecular Hbond substituents is 3. The first-order chi connectivity index (χ1) is 10.5. The van der Waals surface area contributed by atoms with Crippen LogP contribution in [0.25, 0.3) is 6.08 Å². The zero-order valence-electron chi connectivity index (χ0n) is 11.5. The van der Waals surface area contributed by atoms with Gasteiger partial charge in [0.05, 0.1) is 7.11 Å². The maximum absolute atomic E-state index is 12.4. The molecule has 0 atom stereocenters. The topological polar surface area (TPSA) is 96.2 Å². The molecule has 0 aromatic heterocycles. The molecule has 1 heterocycles. The van der Waals surface area contributed by atoms with Crippen molar-refractivity contribution in [3.8, 4) is 28.7 Å². The summed E-state index contributed by atoms with van der Waals surface area (Å²) in [6, 6.07) is 7.36.